The third-order valence-corrected chi connectivity index (χ3v) is 5.30. The van der Waals surface area contributed by atoms with Gasteiger partial charge in [0.15, 0.2) is 0 Å². The molecule has 174 valence electrons. The van der Waals surface area contributed by atoms with Crippen LogP contribution in [0.4, 0.5) is 10.1 Å². The lowest BCUT2D eigenvalue weighted by Crippen LogP contribution is -2.49. The van der Waals surface area contributed by atoms with Crippen molar-refractivity contribution in [1.82, 2.24) is 30.5 Å². The van der Waals surface area contributed by atoms with Gasteiger partial charge >= 0.3 is 0 Å². The molecule has 0 fully saturated rings. The zero-order valence-electron chi connectivity index (χ0n) is 17.4. The van der Waals surface area contributed by atoms with Gasteiger partial charge < -0.3 is 15.0 Å². The standard InChI is InChI=1S/C22H18FN7O3.CH4/c1-30-17-9-14-15(25-7-6-24-14)10-18(17)33-11-16(22(30)32)26-21(31)20-27-19(28-29-20)8-12-4-2-3-5-13(12)23;/h2-7,9-10,16H,8,11H2,1H3,(H,26,31)(H,27,28,29);1H4/t16-;/m0./s1. The summed E-state index contributed by atoms with van der Waals surface area (Å²) < 4.78 is 19.7. The predicted octanol–water partition coefficient (Wildman–Crippen LogP) is 2.27. The molecule has 0 radical (unpaired) electrons. The summed E-state index contributed by atoms with van der Waals surface area (Å²) in [5, 5.41) is 9.15. The average molecular weight is 463 g/mol. The number of carbonyl (C=O) groups is 2. The van der Waals surface area contributed by atoms with Crippen LogP contribution in [0, 0.1) is 5.82 Å². The largest absolute Gasteiger partial charge is 0.489 e. The third-order valence-electron chi connectivity index (χ3n) is 5.30. The van der Waals surface area contributed by atoms with Crippen LogP contribution in [0.5, 0.6) is 5.75 Å². The molecule has 0 spiro atoms. The number of likely N-dealkylation sites (N-methyl/N-ethyl adjacent to an activating group) is 1. The fraction of sp³-hybridized carbons (Fsp3) is 0.217. The summed E-state index contributed by atoms with van der Waals surface area (Å²) in [5.41, 5.74) is 2.19. The Morgan fingerprint density at radius 1 is 1.24 bits per heavy atom. The molecule has 2 amide bonds. The van der Waals surface area contributed by atoms with E-state index in [1.54, 1.807) is 49.8 Å². The minimum absolute atomic E-state index is 0. The first kappa shape index (κ1) is 22.8. The van der Waals surface area contributed by atoms with Crippen molar-refractivity contribution in [3.63, 3.8) is 0 Å². The van der Waals surface area contributed by atoms with E-state index in [9.17, 15) is 14.0 Å². The zero-order valence-corrected chi connectivity index (χ0v) is 17.4. The molecule has 2 aromatic carbocycles. The van der Waals surface area contributed by atoms with Crippen LogP contribution in [-0.2, 0) is 11.2 Å². The molecule has 2 aromatic heterocycles. The number of aromatic nitrogens is 5. The van der Waals surface area contributed by atoms with Crippen LogP contribution in [0.3, 0.4) is 0 Å². The van der Waals surface area contributed by atoms with Gasteiger partial charge in [-0.15, -0.1) is 5.10 Å². The molecule has 0 aliphatic carbocycles. The van der Waals surface area contributed by atoms with E-state index in [4.69, 9.17) is 4.74 Å². The highest BCUT2D eigenvalue weighted by atomic mass is 19.1. The van der Waals surface area contributed by atoms with E-state index in [2.05, 4.69) is 30.5 Å². The maximum atomic E-state index is 13.9. The number of H-pyrrole nitrogens is 1. The number of ether oxygens (including phenoxy) is 1. The van der Waals surface area contributed by atoms with Gasteiger partial charge in [0.25, 0.3) is 11.8 Å². The minimum Gasteiger partial charge on any atom is -0.489 e. The van der Waals surface area contributed by atoms with E-state index in [1.165, 1.54) is 11.0 Å². The molecule has 34 heavy (non-hydrogen) atoms. The Hall–Kier alpha value is -4.41. The smallest absolute Gasteiger partial charge is 0.291 e. The molecule has 1 aliphatic rings. The van der Waals surface area contributed by atoms with Crippen LogP contribution in [0.15, 0.2) is 48.8 Å². The van der Waals surface area contributed by atoms with E-state index in [0.29, 0.717) is 33.9 Å². The van der Waals surface area contributed by atoms with Crippen molar-refractivity contribution in [3.8, 4) is 5.75 Å². The van der Waals surface area contributed by atoms with E-state index >= 15 is 0 Å². The summed E-state index contributed by atoms with van der Waals surface area (Å²) in [6.07, 6.45) is 3.28. The normalized spacial score (nSPS) is 15.2. The summed E-state index contributed by atoms with van der Waals surface area (Å²) >= 11 is 0. The van der Waals surface area contributed by atoms with Gasteiger partial charge in [-0.25, -0.2) is 9.37 Å². The molecule has 2 N–H and O–H groups in total. The lowest BCUT2D eigenvalue weighted by Gasteiger charge is -2.20. The highest BCUT2D eigenvalue weighted by Gasteiger charge is 2.32. The molecule has 10 nitrogen and oxygen atoms in total. The van der Waals surface area contributed by atoms with Gasteiger partial charge in [0.2, 0.25) is 5.82 Å². The molecule has 0 saturated heterocycles. The summed E-state index contributed by atoms with van der Waals surface area (Å²) in [4.78, 5) is 39.7. The lowest BCUT2D eigenvalue weighted by atomic mass is 10.1. The molecule has 0 bridgehead atoms. The molecule has 1 aliphatic heterocycles. The fourth-order valence-electron chi connectivity index (χ4n) is 3.58. The van der Waals surface area contributed by atoms with E-state index < -0.39 is 11.9 Å². The van der Waals surface area contributed by atoms with Crippen molar-refractivity contribution in [2.24, 2.45) is 0 Å². The average Bonchev–Trinajstić information content (AvgIpc) is 3.26. The third kappa shape index (κ3) is 4.27. The van der Waals surface area contributed by atoms with Crippen molar-refractivity contribution in [3.05, 3.63) is 71.8 Å². The second-order valence-electron chi connectivity index (χ2n) is 7.47. The first-order chi connectivity index (χ1) is 16.0. The maximum absolute atomic E-state index is 13.9. The first-order valence-corrected chi connectivity index (χ1v) is 10.1. The van der Waals surface area contributed by atoms with Crippen molar-refractivity contribution in [2.45, 2.75) is 19.9 Å². The molecule has 3 heterocycles. The van der Waals surface area contributed by atoms with Crippen molar-refractivity contribution in [1.29, 1.82) is 0 Å². The first-order valence-electron chi connectivity index (χ1n) is 10.1. The predicted molar refractivity (Wildman–Crippen MR) is 122 cm³/mol. The topological polar surface area (TPSA) is 126 Å². The van der Waals surface area contributed by atoms with Crippen LogP contribution in [-0.4, -0.2) is 56.7 Å². The van der Waals surface area contributed by atoms with Gasteiger partial charge in [0, 0.05) is 31.9 Å². The van der Waals surface area contributed by atoms with Crippen molar-refractivity contribution in [2.75, 3.05) is 18.6 Å². The molecule has 4 aromatic rings. The number of anilines is 1. The number of carbonyl (C=O) groups excluding carboxylic acids is 2. The SMILES string of the molecule is C.CN1C(=O)[C@@H](NC(=O)c2n[nH]c(Cc3ccccc3F)n2)COc2cc3nccnc3cc21. The molecular formula is C23H22FN7O3. The van der Waals surface area contributed by atoms with Crippen molar-refractivity contribution >= 4 is 28.5 Å². The number of fused-ring (bicyclic) bond motifs is 2. The molecule has 1 atom stereocenters. The van der Waals surface area contributed by atoms with Crippen molar-refractivity contribution < 1.29 is 18.7 Å². The fourth-order valence-corrected chi connectivity index (χ4v) is 3.58. The van der Waals surface area contributed by atoms with Crippen LogP contribution in [0.2, 0.25) is 0 Å². The number of nitrogens with one attached hydrogen (secondary N) is 2. The number of rotatable bonds is 4. The van der Waals surface area contributed by atoms with Gasteiger partial charge in [-0.1, -0.05) is 25.6 Å². The Bertz CT molecular complexity index is 1370. The molecule has 11 heteroatoms. The number of benzene rings is 2. The summed E-state index contributed by atoms with van der Waals surface area (Å²) in [5.74, 6) is -0.765. The number of nitrogens with zero attached hydrogens (tertiary/aromatic N) is 5. The minimum atomic E-state index is -0.965. The second kappa shape index (κ2) is 9.22. The zero-order chi connectivity index (χ0) is 22.9. The number of hydrogen-bond donors (Lipinski definition) is 2. The molecular weight excluding hydrogens is 441 g/mol. The lowest BCUT2D eigenvalue weighted by molar-refractivity contribution is -0.120. The van der Waals surface area contributed by atoms with Crippen LogP contribution in [0.25, 0.3) is 11.0 Å². The molecule has 0 unspecified atom stereocenters. The Morgan fingerprint density at radius 2 is 1.97 bits per heavy atom. The summed E-state index contributed by atoms with van der Waals surface area (Å²) in [6, 6.07) is 8.73. The van der Waals surface area contributed by atoms with Gasteiger partial charge in [0.1, 0.15) is 30.0 Å². The second-order valence-corrected chi connectivity index (χ2v) is 7.47. The summed E-state index contributed by atoms with van der Waals surface area (Å²) in [6.45, 7) is -0.0831. The van der Waals surface area contributed by atoms with Gasteiger partial charge in [-0.3, -0.25) is 24.7 Å². The van der Waals surface area contributed by atoms with Crippen LogP contribution < -0.4 is 15.0 Å². The highest BCUT2D eigenvalue weighted by molar-refractivity contribution is 6.03. The molecule has 0 saturated carbocycles. The van der Waals surface area contributed by atoms with Crippen LogP contribution in [0.1, 0.15) is 29.4 Å². The van der Waals surface area contributed by atoms with Gasteiger partial charge in [-0.2, -0.15) is 0 Å². The van der Waals surface area contributed by atoms with E-state index in [-0.39, 0.29) is 38.0 Å². The molecule has 5 rings (SSSR count). The van der Waals surface area contributed by atoms with E-state index in [1.807, 2.05) is 0 Å². The Kier molecular flexibility index (Phi) is 6.17. The van der Waals surface area contributed by atoms with Gasteiger partial charge in [-0.05, 0) is 17.7 Å². The maximum Gasteiger partial charge on any atom is 0.291 e. The monoisotopic (exact) mass is 463 g/mol. The summed E-state index contributed by atoms with van der Waals surface area (Å²) in [7, 11) is 1.59. The Labute approximate surface area is 194 Å². The van der Waals surface area contributed by atoms with Gasteiger partial charge in [0.05, 0.1) is 16.7 Å². The number of amides is 2. The quantitative estimate of drug-likeness (QED) is 0.475. The highest BCUT2D eigenvalue weighted by Crippen LogP contribution is 2.33. The van der Waals surface area contributed by atoms with E-state index in [0.717, 1.165) is 0 Å². The number of hydrogen-bond acceptors (Lipinski definition) is 7. The number of aromatic amines is 1. The van der Waals surface area contributed by atoms with Crippen LogP contribution >= 0.6 is 0 Å². The Morgan fingerprint density at radius 3 is 2.74 bits per heavy atom. The number of halogens is 1. The Balaban J connectivity index is 0.00000274.